The summed E-state index contributed by atoms with van der Waals surface area (Å²) in [5.41, 5.74) is 2.31. The summed E-state index contributed by atoms with van der Waals surface area (Å²) in [6, 6.07) is 9.03. The van der Waals surface area contributed by atoms with Gasteiger partial charge in [-0.2, -0.15) is 5.01 Å². The molecule has 2 N–H and O–H groups in total. The fraction of sp³-hybridized carbons (Fsp3) is 0.304. The number of halogens is 1. The SMILES string of the molecule is O=C(CSc1nnc(-c2cccnc2)n1-c1ccccc1F)NN1C(=O)NC2(CCCCC2)C1=O. The van der Waals surface area contributed by atoms with Crippen molar-refractivity contribution in [3.8, 4) is 17.1 Å². The van der Waals surface area contributed by atoms with Crippen LogP contribution in [0, 0.1) is 5.82 Å². The lowest BCUT2D eigenvalue weighted by Gasteiger charge is -2.30. The van der Waals surface area contributed by atoms with Crippen molar-refractivity contribution >= 4 is 29.6 Å². The summed E-state index contributed by atoms with van der Waals surface area (Å²) in [6.07, 6.45) is 7.01. The van der Waals surface area contributed by atoms with Gasteiger partial charge >= 0.3 is 6.03 Å². The number of rotatable bonds is 6. The zero-order valence-corrected chi connectivity index (χ0v) is 19.4. The first-order valence-corrected chi connectivity index (χ1v) is 12.2. The van der Waals surface area contributed by atoms with Crippen LogP contribution in [-0.2, 0) is 9.59 Å². The number of amides is 4. The monoisotopic (exact) mass is 495 g/mol. The molecule has 5 rings (SSSR count). The van der Waals surface area contributed by atoms with Crippen LogP contribution < -0.4 is 10.7 Å². The quantitative estimate of drug-likeness (QED) is 0.398. The van der Waals surface area contributed by atoms with Gasteiger partial charge in [0.1, 0.15) is 11.4 Å². The van der Waals surface area contributed by atoms with E-state index in [-0.39, 0.29) is 16.6 Å². The molecule has 0 unspecified atom stereocenters. The molecule has 12 heteroatoms. The second-order valence-electron chi connectivity index (χ2n) is 8.37. The van der Waals surface area contributed by atoms with E-state index < -0.39 is 29.2 Å². The van der Waals surface area contributed by atoms with E-state index in [2.05, 4.69) is 25.9 Å². The van der Waals surface area contributed by atoms with Crippen LogP contribution in [0.25, 0.3) is 17.1 Å². The van der Waals surface area contributed by atoms with E-state index in [1.54, 1.807) is 42.7 Å². The molecule has 0 bridgehead atoms. The number of aromatic nitrogens is 4. The molecule has 3 aromatic rings. The van der Waals surface area contributed by atoms with Crippen molar-refractivity contribution < 1.29 is 18.8 Å². The second kappa shape index (κ2) is 9.45. The van der Waals surface area contributed by atoms with Gasteiger partial charge < -0.3 is 5.32 Å². The molecule has 180 valence electrons. The summed E-state index contributed by atoms with van der Waals surface area (Å²) < 4.78 is 16.2. The molecular weight excluding hydrogens is 473 g/mol. The van der Waals surface area contributed by atoms with Crippen LogP contribution in [0.3, 0.4) is 0 Å². The molecule has 0 radical (unpaired) electrons. The number of para-hydroxylation sites is 1. The Hall–Kier alpha value is -3.80. The molecule has 1 aromatic carbocycles. The maximum absolute atomic E-state index is 14.7. The number of benzene rings is 1. The van der Waals surface area contributed by atoms with E-state index in [1.165, 1.54) is 10.6 Å². The summed E-state index contributed by atoms with van der Waals surface area (Å²) in [5.74, 6) is -1.31. The summed E-state index contributed by atoms with van der Waals surface area (Å²) in [6.45, 7) is 0. The summed E-state index contributed by atoms with van der Waals surface area (Å²) in [4.78, 5) is 42.1. The molecule has 10 nitrogen and oxygen atoms in total. The van der Waals surface area contributed by atoms with Gasteiger partial charge in [0, 0.05) is 18.0 Å². The van der Waals surface area contributed by atoms with E-state index in [0.717, 1.165) is 36.0 Å². The zero-order valence-electron chi connectivity index (χ0n) is 18.6. The highest BCUT2D eigenvalue weighted by atomic mass is 32.2. The third kappa shape index (κ3) is 4.36. The summed E-state index contributed by atoms with van der Waals surface area (Å²) >= 11 is 1.01. The molecular formula is C23H22FN7O3S. The predicted molar refractivity (Wildman–Crippen MR) is 125 cm³/mol. The van der Waals surface area contributed by atoms with Crippen LogP contribution in [0.5, 0.6) is 0 Å². The van der Waals surface area contributed by atoms with Crippen molar-refractivity contribution in [3.63, 3.8) is 0 Å². The topological polar surface area (TPSA) is 122 Å². The molecule has 2 aliphatic rings. The third-order valence-corrected chi connectivity index (χ3v) is 7.01. The van der Waals surface area contributed by atoms with E-state index in [0.29, 0.717) is 24.2 Å². The minimum absolute atomic E-state index is 0.177. The van der Waals surface area contributed by atoms with Gasteiger partial charge in [0.2, 0.25) is 5.91 Å². The standard InChI is InChI=1S/C23H22FN7O3S/c24-16-8-2-3-9-17(16)30-19(15-7-6-12-25-13-15)27-28-22(30)35-14-18(32)29-31-20(33)23(26-21(31)34)10-4-1-5-11-23/h2-3,6-9,12-13H,1,4-5,10-11,14H2,(H,26,34)(H,29,32). The van der Waals surface area contributed by atoms with Crippen LogP contribution >= 0.6 is 11.8 Å². The first kappa shape index (κ1) is 23.0. The molecule has 1 saturated carbocycles. The Morgan fingerprint density at radius 2 is 1.91 bits per heavy atom. The van der Waals surface area contributed by atoms with Gasteiger partial charge in [-0.3, -0.25) is 24.6 Å². The van der Waals surface area contributed by atoms with Crippen LogP contribution in [0.1, 0.15) is 32.1 Å². The normalized spacial score (nSPS) is 17.0. The number of hydrogen-bond acceptors (Lipinski definition) is 7. The van der Waals surface area contributed by atoms with E-state index in [1.807, 2.05) is 0 Å². The lowest BCUT2D eigenvalue weighted by Crippen LogP contribution is -2.51. The minimum atomic E-state index is -0.931. The zero-order chi connectivity index (χ0) is 24.4. The Morgan fingerprint density at radius 3 is 2.66 bits per heavy atom. The maximum Gasteiger partial charge on any atom is 0.344 e. The highest BCUT2D eigenvalue weighted by Gasteiger charge is 2.52. The number of nitrogens with one attached hydrogen (secondary N) is 2. The number of carbonyl (C=O) groups is 3. The van der Waals surface area contributed by atoms with Crippen molar-refractivity contribution in [3.05, 3.63) is 54.6 Å². The van der Waals surface area contributed by atoms with Crippen LogP contribution in [0.2, 0.25) is 0 Å². The molecule has 2 fully saturated rings. The van der Waals surface area contributed by atoms with Gasteiger partial charge in [-0.05, 0) is 37.1 Å². The van der Waals surface area contributed by atoms with Gasteiger partial charge in [-0.25, -0.2) is 9.18 Å². The summed E-state index contributed by atoms with van der Waals surface area (Å²) in [5, 5.41) is 12.1. The molecule has 3 heterocycles. The van der Waals surface area contributed by atoms with Crippen molar-refractivity contribution in [2.75, 3.05) is 5.75 Å². The fourth-order valence-electron chi connectivity index (χ4n) is 4.40. The second-order valence-corrected chi connectivity index (χ2v) is 9.31. The molecule has 1 aliphatic carbocycles. The highest BCUT2D eigenvalue weighted by Crippen LogP contribution is 2.33. The molecule has 0 atom stereocenters. The number of thioether (sulfide) groups is 1. The van der Waals surface area contributed by atoms with E-state index in [4.69, 9.17) is 0 Å². The molecule has 4 amide bonds. The van der Waals surface area contributed by atoms with Crippen LogP contribution in [-0.4, -0.2) is 53.9 Å². The largest absolute Gasteiger partial charge is 0.344 e. The third-order valence-electron chi connectivity index (χ3n) is 6.08. The number of nitrogens with zero attached hydrogens (tertiary/aromatic N) is 5. The van der Waals surface area contributed by atoms with Gasteiger partial charge in [0.05, 0.1) is 11.4 Å². The first-order chi connectivity index (χ1) is 17.0. The number of pyridine rings is 1. The molecule has 35 heavy (non-hydrogen) atoms. The lowest BCUT2D eigenvalue weighted by atomic mass is 9.82. The fourth-order valence-corrected chi connectivity index (χ4v) is 5.14. The number of urea groups is 1. The lowest BCUT2D eigenvalue weighted by molar-refractivity contribution is -0.139. The van der Waals surface area contributed by atoms with Crippen molar-refractivity contribution in [2.45, 2.75) is 42.8 Å². The Labute approximate surface area is 204 Å². The first-order valence-electron chi connectivity index (χ1n) is 11.2. The molecule has 1 saturated heterocycles. The van der Waals surface area contributed by atoms with E-state index >= 15 is 0 Å². The average Bonchev–Trinajstić information content (AvgIpc) is 3.39. The smallest absolute Gasteiger partial charge is 0.322 e. The Bertz CT molecular complexity index is 1280. The van der Waals surface area contributed by atoms with Gasteiger partial charge in [0.15, 0.2) is 11.0 Å². The highest BCUT2D eigenvalue weighted by molar-refractivity contribution is 7.99. The van der Waals surface area contributed by atoms with E-state index in [9.17, 15) is 18.8 Å². The molecule has 1 spiro atoms. The minimum Gasteiger partial charge on any atom is -0.322 e. The number of imide groups is 1. The summed E-state index contributed by atoms with van der Waals surface area (Å²) in [7, 11) is 0. The van der Waals surface area contributed by atoms with Gasteiger partial charge in [0.25, 0.3) is 5.91 Å². The molecule has 1 aliphatic heterocycles. The Kier molecular flexibility index (Phi) is 6.20. The Morgan fingerprint density at radius 1 is 1.11 bits per heavy atom. The number of hydrazine groups is 1. The predicted octanol–water partition coefficient (Wildman–Crippen LogP) is 2.85. The number of hydrogen-bond donors (Lipinski definition) is 2. The van der Waals surface area contributed by atoms with Crippen molar-refractivity contribution in [1.29, 1.82) is 0 Å². The van der Waals surface area contributed by atoms with Crippen molar-refractivity contribution in [1.82, 2.24) is 35.5 Å². The number of carbonyl (C=O) groups excluding carboxylic acids is 3. The maximum atomic E-state index is 14.7. The van der Waals surface area contributed by atoms with Crippen LogP contribution in [0.15, 0.2) is 53.9 Å². The van der Waals surface area contributed by atoms with Crippen molar-refractivity contribution in [2.24, 2.45) is 0 Å². The Balaban J connectivity index is 1.34. The van der Waals surface area contributed by atoms with Gasteiger partial charge in [-0.15, -0.1) is 10.2 Å². The van der Waals surface area contributed by atoms with Gasteiger partial charge in [-0.1, -0.05) is 43.2 Å². The van der Waals surface area contributed by atoms with Crippen LogP contribution in [0.4, 0.5) is 9.18 Å². The average molecular weight is 496 g/mol. The molecule has 2 aromatic heterocycles.